The molecule has 6 nitrogen and oxygen atoms in total. The molecule has 0 saturated heterocycles. The van der Waals surface area contributed by atoms with Gasteiger partial charge in [0.25, 0.3) is 0 Å². The van der Waals surface area contributed by atoms with E-state index in [-0.39, 0.29) is 18.5 Å². The number of aryl methyl sites for hydroxylation is 1. The van der Waals surface area contributed by atoms with Crippen LogP contribution >= 0.6 is 23.1 Å². The second-order valence-corrected chi connectivity index (χ2v) is 8.51. The molecule has 2 aromatic heterocycles. The van der Waals surface area contributed by atoms with Gasteiger partial charge in [0.15, 0.2) is 10.2 Å². The molecule has 0 radical (unpaired) electrons. The van der Waals surface area contributed by atoms with Crippen molar-refractivity contribution in [1.82, 2.24) is 15.1 Å². The molecule has 0 aliphatic heterocycles. The van der Waals surface area contributed by atoms with E-state index < -0.39 is 17.5 Å². The highest BCUT2D eigenvalue weighted by atomic mass is 32.2. The summed E-state index contributed by atoms with van der Waals surface area (Å²) in [5.41, 5.74) is 1.91. The van der Waals surface area contributed by atoms with Crippen LogP contribution in [0.25, 0.3) is 11.3 Å². The van der Waals surface area contributed by atoms with Crippen molar-refractivity contribution in [2.24, 2.45) is 0 Å². The fourth-order valence-corrected chi connectivity index (χ4v) is 4.34. The summed E-state index contributed by atoms with van der Waals surface area (Å²) < 4.78 is 32.6. The van der Waals surface area contributed by atoms with E-state index in [2.05, 4.69) is 20.4 Å². The summed E-state index contributed by atoms with van der Waals surface area (Å²) in [5, 5.41) is 8.32. The lowest BCUT2D eigenvalue weighted by Gasteiger charge is -2.05. The first kappa shape index (κ1) is 21.1. The van der Waals surface area contributed by atoms with Gasteiger partial charge in [-0.15, -0.1) is 11.3 Å². The molecule has 0 aliphatic carbocycles. The molecule has 4 aromatic rings. The molecule has 31 heavy (non-hydrogen) atoms. The van der Waals surface area contributed by atoms with E-state index in [1.165, 1.54) is 17.8 Å². The van der Waals surface area contributed by atoms with Crippen LogP contribution in [0.4, 0.5) is 14.5 Å². The van der Waals surface area contributed by atoms with Gasteiger partial charge in [-0.3, -0.25) is 4.79 Å². The van der Waals surface area contributed by atoms with Crippen LogP contribution in [0.2, 0.25) is 0 Å². The summed E-state index contributed by atoms with van der Waals surface area (Å²) in [6, 6.07) is 12.9. The Morgan fingerprint density at radius 3 is 2.77 bits per heavy atom. The number of hydrogen-bond acceptors (Lipinski definition) is 7. The number of nitrogens with zero attached hydrogens (tertiary/aromatic N) is 3. The third kappa shape index (κ3) is 5.74. The average molecular weight is 459 g/mol. The SMILES string of the molecule is O=C(CCc1nc(CSc2nc(-c3ccccc3)cs2)no1)Nc1ccc(F)cc1F. The first-order valence-corrected chi connectivity index (χ1v) is 11.1. The second-order valence-electron chi connectivity index (χ2n) is 6.43. The highest BCUT2D eigenvalue weighted by molar-refractivity contribution is 8.00. The van der Waals surface area contributed by atoms with Gasteiger partial charge in [0, 0.05) is 29.9 Å². The lowest BCUT2D eigenvalue weighted by atomic mass is 10.2. The number of carbonyl (C=O) groups is 1. The van der Waals surface area contributed by atoms with Crippen molar-refractivity contribution >= 4 is 34.7 Å². The highest BCUT2D eigenvalue weighted by Crippen LogP contribution is 2.29. The van der Waals surface area contributed by atoms with Crippen molar-refractivity contribution in [2.75, 3.05) is 5.32 Å². The number of thiazole rings is 1. The van der Waals surface area contributed by atoms with Crippen LogP contribution in [0.5, 0.6) is 0 Å². The van der Waals surface area contributed by atoms with Gasteiger partial charge in [0.05, 0.1) is 17.1 Å². The van der Waals surface area contributed by atoms with Crippen LogP contribution in [-0.4, -0.2) is 21.0 Å². The number of halogens is 2. The Labute approximate surface area is 184 Å². The Balaban J connectivity index is 1.26. The topological polar surface area (TPSA) is 80.9 Å². The summed E-state index contributed by atoms with van der Waals surface area (Å²) in [7, 11) is 0. The molecule has 0 atom stereocenters. The van der Waals surface area contributed by atoms with Gasteiger partial charge in [-0.05, 0) is 12.1 Å². The number of rotatable bonds is 8. The maximum Gasteiger partial charge on any atom is 0.227 e. The number of anilines is 1. The van der Waals surface area contributed by atoms with E-state index in [0.717, 1.165) is 21.7 Å². The highest BCUT2D eigenvalue weighted by Gasteiger charge is 2.13. The zero-order valence-corrected chi connectivity index (χ0v) is 17.7. The zero-order chi connectivity index (χ0) is 21.6. The van der Waals surface area contributed by atoms with Crippen molar-refractivity contribution < 1.29 is 18.1 Å². The largest absolute Gasteiger partial charge is 0.339 e. The summed E-state index contributed by atoms with van der Waals surface area (Å²) >= 11 is 3.05. The maximum absolute atomic E-state index is 13.6. The van der Waals surface area contributed by atoms with Crippen LogP contribution in [0.1, 0.15) is 18.1 Å². The van der Waals surface area contributed by atoms with Gasteiger partial charge in [-0.2, -0.15) is 4.98 Å². The van der Waals surface area contributed by atoms with Crippen molar-refractivity contribution in [3.8, 4) is 11.3 Å². The molecule has 1 N–H and O–H groups in total. The second kappa shape index (κ2) is 9.80. The molecule has 158 valence electrons. The Morgan fingerprint density at radius 1 is 1.13 bits per heavy atom. The lowest BCUT2D eigenvalue weighted by Crippen LogP contribution is -2.13. The molecule has 0 bridgehead atoms. The molecule has 10 heteroatoms. The van der Waals surface area contributed by atoms with Gasteiger partial charge in [0.2, 0.25) is 11.8 Å². The number of thioether (sulfide) groups is 1. The molecule has 0 fully saturated rings. The monoisotopic (exact) mass is 458 g/mol. The predicted molar refractivity (Wildman–Crippen MR) is 115 cm³/mol. The van der Waals surface area contributed by atoms with Crippen LogP contribution in [0.15, 0.2) is 62.8 Å². The summed E-state index contributed by atoms with van der Waals surface area (Å²) in [4.78, 5) is 20.9. The Bertz CT molecular complexity index is 1180. The number of carbonyl (C=O) groups excluding carboxylic acids is 1. The summed E-state index contributed by atoms with van der Waals surface area (Å²) in [6.45, 7) is 0. The Hall–Kier alpha value is -3.11. The number of benzene rings is 2. The summed E-state index contributed by atoms with van der Waals surface area (Å²) in [6.07, 6.45) is 0.236. The molecule has 0 spiro atoms. The van der Waals surface area contributed by atoms with E-state index in [9.17, 15) is 13.6 Å². The van der Waals surface area contributed by atoms with Crippen LogP contribution in [-0.2, 0) is 17.0 Å². The number of hydrogen-bond donors (Lipinski definition) is 1. The van der Waals surface area contributed by atoms with Crippen molar-refractivity contribution in [1.29, 1.82) is 0 Å². The third-order valence-electron chi connectivity index (χ3n) is 4.16. The number of amides is 1. The number of aromatic nitrogens is 3. The molecular weight excluding hydrogens is 442 g/mol. The van der Waals surface area contributed by atoms with Crippen molar-refractivity contribution in [2.45, 2.75) is 22.9 Å². The quantitative estimate of drug-likeness (QED) is 0.359. The molecule has 4 rings (SSSR count). The Morgan fingerprint density at radius 2 is 1.97 bits per heavy atom. The molecule has 1 amide bonds. The number of nitrogens with one attached hydrogen (secondary N) is 1. The van der Waals surface area contributed by atoms with Gasteiger partial charge >= 0.3 is 0 Å². The van der Waals surface area contributed by atoms with E-state index in [1.807, 2.05) is 35.7 Å². The minimum Gasteiger partial charge on any atom is -0.339 e. The molecule has 0 aliphatic rings. The van der Waals surface area contributed by atoms with Crippen molar-refractivity contribution in [3.05, 3.63) is 77.3 Å². The summed E-state index contributed by atoms with van der Waals surface area (Å²) in [5.74, 6) is -0.672. The molecule has 2 heterocycles. The van der Waals surface area contributed by atoms with Gasteiger partial charge < -0.3 is 9.84 Å². The van der Waals surface area contributed by atoms with Crippen LogP contribution in [0, 0.1) is 11.6 Å². The average Bonchev–Trinajstić information content (AvgIpc) is 3.43. The van der Waals surface area contributed by atoms with E-state index in [0.29, 0.717) is 23.5 Å². The van der Waals surface area contributed by atoms with Gasteiger partial charge in [0.1, 0.15) is 11.6 Å². The first-order chi connectivity index (χ1) is 15.1. The third-order valence-corrected chi connectivity index (χ3v) is 6.18. The predicted octanol–water partition coefficient (Wildman–Crippen LogP) is 5.33. The van der Waals surface area contributed by atoms with Crippen LogP contribution < -0.4 is 5.32 Å². The lowest BCUT2D eigenvalue weighted by molar-refractivity contribution is -0.116. The molecule has 2 aromatic carbocycles. The van der Waals surface area contributed by atoms with E-state index in [1.54, 1.807) is 11.3 Å². The van der Waals surface area contributed by atoms with Crippen LogP contribution in [0.3, 0.4) is 0 Å². The molecule has 0 saturated carbocycles. The maximum atomic E-state index is 13.6. The van der Waals surface area contributed by atoms with Crippen molar-refractivity contribution in [3.63, 3.8) is 0 Å². The van der Waals surface area contributed by atoms with E-state index >= 15 is 0 Å². The normalized spacial score (nSPS) is 10.9. The zero-order valence-electron chi connectivity index (χ0n) is 16.0. The minimum atomic E-state index is -0.831. The Kier molecular flexibility index (Phi) is 6.68. The minimum absolute atomic E-state index is 0.0263. The fraction of sp³-hybridized carbons (Fsp3) is 0.143. The smallest absolute Gasteiger partial charge is 0.227 e. The standard InChI is InChI=1S/C21H16F2N4O2S2/c22-14-6-7-16(15(23)10-14)24-19(28)8-9-20-26-18(27-29-20)12-31-21-25-17(11-30-21)13-4-2-1-3-5-13/h1-7,10-11H,8-9,12H2,(H,24,28). The van der Waals surface area contributed by atoms with E-state index in [4.69, 9.17) is 4.52 Å². The van der Waals surface area contributed by atoms with Gasteiger partial charge in [-0.1, -0.05) is 47.3 Å². The molecular formula is C21H16F2N4O2S2. The molecule has 0 unspecified atom stereocenters. The first-order valence-electron chi connectivity index (χ1n) is 9.27. The van der Waals surface area contributed by atoms with Gasteiger partial charge in [-0.25, -0.2) is 13.8 Å². The fourth-order valence-electron chi connectivity index (χ4n) is 2.67.